The van der Waals surface area contributed by atoms with Gasteiger partial charge in [-0.2, -0.15) is 0 Å². The number of nitro benzene ring substituents is 1. The first-order valence-corrected chi connectivity index (χ1v) is 8.16. The molecule has 26 heavy (non-hydrogen) atoms. The molecule has 3 rings (SSSR count). The van der Waals surface area contributed by atoms with E-state index in [-0.39, 0.29) is 16.5 Å². The minimum atomic E-state index is -1.31. The van der Waals surface area contributed by atoms with Crippen LogP contribution in [0.2, 0.25) is 0 Å². The van der Waals surface area contributed by atoms with Crippen molar-refractivity contribution in [1.29, 1.82) is 0 Å². The van der Waals surface area contributed by atoms with Crippen LogP contribution in [0.25, 0.3) is 0 Å². The molecule has 1 saturated carbocycles. The fraction of sp³-hybridized carbons (Fsp3) is 0.263. The molecule has 2 aromatic carbocycles. The lowest BCUT2D eigenvalue weighted by Crippen LogP contribution is -2.34. The molecule has 1 amide bonds. The number of hydrogen-bond acceptors (Lipinski definition) is 4. The highest BCUT2D eigenvalue weighted by atomic mass is 16.6. The Kier molecular flexibility index (Phi) is 4.46. The number of non-ortho nitro benzene ring substituents is 1. The van der Waals surface area contributed by atoms with E-state index in [1.807, 2.05) is 30.3 Å². The van der Waals surface area contributed by atoms with Crippen molar-refractivity contribution in [3.05, 3.63) is 75.3 Å². The van der Waals surface area contributed by atoms with E-state index in [2.05, 4.69) is 0 Å². The van der Waals surface area contributed by atoms with Gasteiger partial charge in [0.1, 0.15) is 0 Å². The van der Waals surface area contributed by atoms with E-state index in [1.165, 1.54) is 11.0 Å². The first kappa shape index (κ1) is 17.6. The molecule has 0 bridgehead atoms. The second-order valence-corrected chi connectivity index (χ2v) is 6.64. The molecule has 2 aromatic rings. The monoisotopic (exact) mass is 354 g/mol. The van der Waals surface area contributed by atoms with Crippen LogP contribution in [0, 0.1) is 10.1 Å². The van der Waals surface area contributed by atoms with Gasteiger partial charge in [0.15, 0.2) is 0 Å². The molecule has 1 aliphatic rings. The summed E-state index contributed by atoms with van der Waals surface area (Å²) in [4.78, 5) is 35.8. The smallest absolute Gasteiger partial charge is 0.335 e. The lowest BCUT2D eigenvalue weighted by molar-refractivity contribution is -0.384. The highest BCUT2D eigenvalue weighted by molar-refractivity contribution is 5.98. The lowest BCUT2D eigenvalue weighted by atomic mass is 9.95. The largest absolute Gasteiger partial charge is 0.478 e. The van der Waals surface area contributed by atoms with Gasteiger partial charge in [-0.3, -0.25) is 14.9 Å². The summed E-state index contributed by atoms with van der Waals surface area (Å²) in [6.45, 7) is 0.473. The van der Waals surface area contributed by atoms with E-state index in [4.69, 9.17) is 5.11 Å². The van der Waals surface area contributed by atoms with E-state index >= 15 is 0 Å². The summed E-state index contributed by atoms with van der Waals surface area (Å²) in [5.74, 6) is -1.74. The third kappa shape index (κ3) is 3.42. The van der Waals surface area contributed by atoms with Gasteiger partial charge >= 0.3 is 5.97 Å². The summed E-state index contributed by atoms with van der Waals surface area (Å²) in [6, 6.07) is 13.1. The molecule has 0 spiro atoms. The summed E-state index contributed by atoms with van der Waals surface area (Å²) in [7, 11) is 1.63. The van der Waals surface area contributed by atoms with Gasteiger partial charge in [-0.1, -0.05) is 30.3 Å². The average Bonchev–Trinajstić information content (AvgIpc) is 3.42. The van der Waals surface area contributed by atoms with Gasteiger partial charge < -0.3 is 10.0 Å². The second kappa shape index (κ2) is 6.59. The fourth-order valence-corrected chi connectivity index (χ4v) is 3.19. The Hall–Kier alpha value is -3.22. The van der Waals surface area contributed by atoms with Gasteiger partial charge in [0.2, 0.25) is 0 Å². The molecule has 0 aromatic heterocycles. The van der Waals surface area contributed by atoms with Crippen LogP contribution in [0.3, 0.4) is 0 Å². The van der Waals surface area contributed by atoms with Gasteiger partial charge in [-0.25, -0.2) is 4.79 Å². The van der Waals surface area contributed by atoms with Crippen LogP contribution in [0.1, 0.15) is 39.1 Å². The molecular weight excluding hydrogens is 336 g/mol. The molecule has 0 radical (unpaired) electrons. The Labute approximate surface area is 150 Å². The zero-order valence-electron chi connectivity index (χ0n) is 14.2. The number of nitrogens with zero attached hydrogens (tertiary/aromatic N) is 2. The Morgan fingerprint density at radius 2 is 1.77 bits per heavy atom. The fourth-order valence-electron chi connectivity index (χ4n) is 3.19. The minimum Gasteiger partial charge on any atom is -0.478 e. The topological polar surface area (TPSA) is 101 Å². The maximum atomic E-state index is 12.7. The number of amides is 1. The Balaban J connectivity index is 1.85. The molecule has 0 atom stereocenters. The predicted molar refractivity (Wildman–Crippen MR) is 94.4 cm³/mol. The van der Waals surface area contributed by atoms with Crippen molar-refractivity contribution in [3.63, 3.8) is 0 Å². The van der Waals surface area contributed by atoms with Gasteiger partial charge in [-0.15, -0.1) is 0 Å². The van der Waals surface area contributed by atoms with Crippen molar-refractivity contribution >= 4 is 17.6 Å². The summed E-state index contributed by atoms with van der Waals surface area (Å²) in [6.07, 6.45) is 1.92. The van der Waals surface area contributed by atoms with Crippen LogP contribution < -0.4 is 0 Å². The minimum absolute atomic E-state index is 0.00274. The predicted octanol–water partition coefficient (Wildman–Crippen LogP) is 3.10. The number of carbonyl (C=O) groups is 2. The number of nitro groups is 1. The maximum absolute atomic E-state index is 12.7. The highest BCUT2D eigenvalue weighted by Gasteiger charge is 2.45. The van der Waals surface area contributed by atoms with Crippen LogP contribution in [0.5, 0.6) is 0 Å². The van der Waals surface area contributed by atoms with Crippen molar-refractivity contribution in [2.24, 2.45) is 0 Å². The molecule has 1 fully saturated rings. The molecule has 1 aliphatic carbocycles. The Bertz CT molecular complexity index is 843. The summed E-state index contributed by atoms with van der Waals surface area (Å²) >= 11 is 0. The molecule has 0 aliphatic heterocycles. The highest BCUT2D eigenvalue weighted by Crippen LogP contribution is 2.48. The van der Waals surface area contributed by atoms with Crippen molar-refractivity contribution in [2.75, 3.05) is 13.6 Å². The third-order valence-corrected chi connectivity index (χ3v) is 4.75. The first-order valence-electron chi connectivity index (χ1n) is 8.16. The molecular formula is C19H18N2O5. The number of carbonyl (C=O) groups excluding carboxylic acids is 1. The quantitative estimate of drug-likeness (QED) is 0.634. The first-order chi connectivity index (χ1) is 12.3. The Morgan fingerprint density at radius 3 is 2.31 bits per heavy atom. The van der Waals surface area contributed by atoms with E-state index in [9.17, 15) is 19.7 Å². The number of likely N-dealkylation sites (N-methyl/N-ethyl adjacent to an activating group) is 1. The lowest BCUT2D eigenvalue weighted by Gasteiger charge is -2.24. The number of benzene rings is 2. The molecule has 134 valence electrons. The van der Waals surface area contributed by atoms with Crippen molar-refractivity contribution in [3.8, 4) is 0 Å². The van der Waals surface area contributed by atoms with Gasteiger partial charge in [0.05, 0.1) is 10.5 Å². The molecule has 1 N–H and O–H groups in total. The van der Waals surface area contributed by atoms with Gasteiger partial charge in [0.25, 0.3) is 11.6 Å². The number of aromatic carboxylic acids is 1. The van der Waals surface area contributed by atoms with Crippen LogP contribution in [0.15, 0.2) is 48.5 Å². The number of hydrogen-bond donors (Lipinski definition) is 1. The summed E-state index contributed by atoms with van der Waals surface area (Å²) < 4.78 is 0. The van der Waals surface area contributed by atoms with Gasteiger partial charge in [-0.05, 0) is 24.5 Å². The standard InChI is InChI=1S/C19H18N2O5/c1-20(12-19(7-8-19)15-5-3-2-4-6-15)17(22)13-9-14(18(23)24)11-16(10-13)21(25)26/h2-6,9-11H,7-8,12H2,1H3,(H,23,24). The van der Waals surface area contributed by atoms with Crippen LogP contribution in [0.4, 0.5) is 5.69 Å². The number of carboxylic acids is 1. The van der Waals surface area contributed by atoms with E-state index in [1.54, 1.807) is 7.05 Å². The van der Waals surface area contributed by atoms with Crippen molar-refractivity contribution in [2.45, 2.75) is 18.3 Å². The van der Waals surface area contributed by atoms with Gasteiger partial charge in [0, 0.05) is 36.7 Å². The molecule has 0 unspecified atom stereocenters. The summed E-state index contributed by atoms with van der Waals surface area (Å²) in [5, 5.41) is 20.2. The Morgan fingerprint density at radius 1 is 1.15 bits per heavy atom. The average molecular weight is 354 g/mol. The maximum Gasteiger partial charge on any atom is 0.335 e. The normalized spacial score (nSPS) is 14.5. The molecule has 7 heteroatoms. The SMILES string of the molecule is CN(CC1(c2ccccc2)CC1)C(=O)c1cc(C(=O)O)cc([N+](=O)[O-])c1. The molecule has 0 saturated heterocycles. The molecule has 7 nitrogen and oxygen atoms in total. The van der Waals surface area contributed by atoms with Crippen LogP contribution in [-0.2, 0) is 5.41 Å². The zero-order chi connectivity index (χ0) is 18.9. The second-order valence-electron chi connectivity index (χ2n) is 6.64. The van der Waals surface area contributed by atoms with E-state index in [0.29, 0.717) is 6.54 Å². The van der Waals surface area contributed by atoms with Crippen molar-refractivity contribution < 1.29 is 19.6 Å². The van der Waals surface area contributed by atoms with E-state index < -0.39 is 22.5 Å². The number of carboxylic acid groups (broad SMARTS) is 1. The molecule has 0 heterocycles. The zero-order valence-corrected chi connectivity index (χ0v) is 14.2. The van der Waals surface area contributed by atoms with E-state index in [0.717, 1.165) is 30.5 Å². The number of rotatable bonds is 6. The third-order valence-electron chi connectivity index (χ3n) is 4.75. The van der Waals surface area contributed by atoms with Crippen molar-refractivity contribution in [1.82, 2.24) is 4.90 Å². The van der Waals surface area contributed by atoms with Crippen LogP contribution in [-0.4, -0.2) is 40.4 Å². The summed E-state index contributed by atoms with van der Waals surface area (Å²) in [5.41, 5.74) is 0.376. The van der Waals surface area contributed by atoms with Crippen LogP contribution >= 0.6 is 0 Å².